The van der Waals surface area contributed by atoms with Crippen molar-refractivity contribution >= 4 is 11.6 Å². The molecule has 1 aliphatic carbocycles. The third-order valence-corrected chi connectivity index (χ3v) is 3.57. The molecule has 5 heteroatoms. The number of nitrogens with two attached hydrogens (primary N) is 1. The first-order valence-electron chi connectivity index (χ1n) is 5.37. The highest BCUT2D eigenvalue weighted by molar-refractivity contribution is 6.31. The van der Waals surface area contributed by atoms with E-state index in [0.29, 0.717) is 10.9 Å². The lowest BCUT2D eigenvalue weighted by molar-refractivity contribution is 0.356. The van der Waals surface area contributed by atoms with Gasteiger partial charge in [0.15, 0.2) is 0 Å². The number of nitrogens with zero attached hydrogens (tertiary/aromatic N) is 2. The van der Waals surface area contributed by atoms with Crippen LogP contribution in [0.3, 0.4) is 0 Å². The SMILES string of the molecule is Cn1ncc(Cl)c1C(NN)C1CCCC1. The Morgan fingerprint density at radius 2 is 2.27 bits per heavy atom. The van der Waals surface area contributed by atoms with E-state index in [2.05, 4.69) is 10.5 Å². The van der Waals surface area contributed by atoms with Gasteiger partial charge in [0.2, 0.25) is 0 Å². The van der Waals surface area contributed by atoms with E-state index in [1.165, 1.54) is 25.7 Å². The molecule has 0 radical (unpaired) electrons. The first-order chi connectivity index (χ1) is 7.24. The smallest absolute Gasteiger partial charge is 0.0834 e. The van der Waals surface area contributed by atoms with Crippen molar-refractivity contribution in [3.05, 3.63) is 16.9 Å². The molecule has 0 aromatic carbocycles. The van der Waals surface area contributed by atoms with Crippen molar-refractivity contribution in [3.8, 4) is 0 Å². The molecule has 1 aromatic rings. The summed E-state index contributed by atoms with van der Waals surface area (Å²) in [6, 6.07) is 0.132. The summed E-state index contributed by atoms with van der Waals surface area (Å²) in [5, 5.41) is 4.85. The van der Waals surface area contributed by atoms with Crippen molar-refractivity contribution in [2.45, 2.75) is 31.7 Å². The number of aromatic nitrogens is 2. The van der Waals surface area contributed by atoms with Gasteiger partial charge in [-0.3, -0.25) is 16.0 Å². The third-order valence-electron chi connectivity index (χ3n) is 3.28. The second-order valence-electron chi connectivity index (χ2n) is 4.19. The molecule has 0 amide bonds. The van der Waals surface area contributed by atoms with Crippen LogP contribution in [0.1, 0.15) is 37.4 Å². The molecule has 1 aliphatic rings. The topological polar surface area (TPSA) is 55.9 Å². The van der Waals surface area contributed by atoms with E-state index in [1.807, 2.05) is 11.7 Å². The zero-order valence-electron chi connectivity index (χ0n) is 8.91. The van der Waals surface area contributed by atoms with Crippen LogP contribution in [0.4, 0.5) is 0 Å². The molecule has 1 fully saturated rings. The molecule has 1 atom stereocenters. The number of aryl methyl sites for hydroxylation is 1. The van der Waals surface area contributed by atoms with Crippen LogP contribution in [0.15, 0.2) is 6.20 Å². The zero-order valence-corrected chi connectivity index (χ0v) is 9.67. The normalized spacial score (nSPS) is 19.7. The fourth-order valence-corrected chi connectivity index (χ4v) is 2.78. The van der Waals surface area contributed by atoms with Gasteiger partial charge in [0.05, 0.1) is 23.0 Å². The molecule has 1 heterocycles. The average molecular weight is 229 g/mol. The van der Waals surface area contributed by atoms with Crippen molar-refractivity contribution in [1.29, 1.82) is 0 Å². The summed E-state index contributed by atoms with van der Waals surface area (Å²) < 4.78 is 1.81. The predicted octanol–water partition coefficient (Wildman–Crippen LogP) is 1.77. The molecule has 4 nitrogen and oxygen atoms in total. The Hall–Kier alpha value is -0.580. The van der Waals surface area contributed by atoms with E-state index in [9.17, 15) is 0 Å². The van der Waals surface area contributed by atoms with Crippen LogP contribution in [0.5, 0.6) is 0 Å². The molecule has 1 aromatic heterocycles. The van der Waals surface area contributed by atoms with E-state index in [0.717, 1.165) is 5.69 Å². The number of rotatable bonds is 3. The van der Waals surface area contributed by atoms with Gasteiger partial charge in [-0.15, -0.1) is 0 Å². The second-order valence-corrected chi connectivity index (χ2v) is 4.60. The van der Waals surface area contributed by atoms with Crippen molar-refractivity contribution in [2.24, 2.45) is 18.8 Å². The van der Waals surface area contributed by atoms with Gasteiger partial charge in [-0.25, -0.2) is 0 Å². The molecule has 3 N–H and O–H groups in total. The molecule has 1 saturated carbocycles. The van der Waals surface area contributed by atoms with Crippen LogP contribution in [0, 0.1) is 5.92 Å². The number of hydrogen-bond acceptors (Lipinski definition) is 3. The minimum Gasteiger partial charge on any atom is -0.271 e. The Morgan fingerprint density at radius 1 is 1.60 bits per heavy atom. The van der Waals surface area contributed by atoms with Crippen LogP contribution in [0.25, 0.3) is 0 Å². The maximum atomic E-state index is 6.12. The van der Waals surface area contributed by atoms with E-state index >= 15 is 0 Å². The van der Waals surface area contributed by atoms with E-state index in [-0.39, 0.29) is 6.04 Å². The van der Waals surface area contributed by atoms with Crippen molar-refractivity contribution in [1.82, 2.24) is 15.2 Å². The number of halogens is 1. The predicted molar refractivity (Wildman–Crippen MR) is 60.2 cm³/mol. The summed E-state index contributed by atoms with van der Waals surface area (Å²) >= 11 is 6.12. The Kier molecular flexibility index (Phi) is 3.29. The molecule has 84 valence electrons. The van der Waals surface area contributed by atoms with Crippen LogP contribution in [-0.4, -0.2) is 9.78 Å². The summed E-state index contributed by atoms with van der Waals surface area (Å²) in [5.74, 6) is 6.22. The molecule has 0 bridgehead atoms. The summed E-state index contributed by atoms with van der Waals surface area (Å²) in [6.45, 7) is 0. The molecular weight excluding hydrogens is 212 g/mol. The highest BCUT2D eigenvalue weighted by atomic mass is 35.5. The van der Waals surface area contributed by atoms with Crippen LogP contribution in [-0.2, 0) is 7.05 Å². The van der Waals surface area contributed by atoms with Crippen LogP contribution < -0.4 is 11.3 Å². The minimum atomic E-state index is 0.132. The Labute approximate surface area is 94.8 Å². The maximum absolute atomic E-state index is 6.12. The fourth-order valence-electron chi connectivity index (χ4n) is 2.50. The molecule has 0 saturated heterocycles. The minimum absolute atomic E-state index is 0.132. The first kappa shape index (κ1) is 10.9. The van der Waals surface area contributed by atoms with Crippen LogP contribution >= 0.6 is 11.6 Å². The monoisotopic (exact) mass is 228 g/mol. The van der Waals surface area contributed by atoms with Gasteiger partial charge in [-0.2, -0.15) is 5.10 Å². The molecule has 15 heavy (non-hydrogen) atoms. The summed E-state index contributed by atoms with van der Waals surface area (Å²) in [6.07, 6.45) is 6.69. The lowest BCUT2D eigenvalue weighted by atomic mass is 9.96. The second kappa shape index (κ2) is 4.51. The van der Waals surface area contributed by atoms with Crippen LogP contribution in [0.2, 0.25) is 5.02 Å². The van der Waals surface area contributed by atoms with E-state index in [1.54, 1.807) is 6.20 Å². The largest absolute Gasteiger partial charge is 0.271 e. The Bertz CT molecular complexity index is 311. The van der Waals surface area contributed by atoms with Crippen molar-refractivity contribution in [3.63, 3.8) is 0 Å². The van der Waals surface area contributed by atoms with Gasteiger partial charge in [-0.1, -0.05) is 24.4 Å². The van der Waals surface area contributed by atoms with Gasteiger partial charge in [0.1, 0.15) is 0 Å². The molecule has 1 unspecified atom stereocenters. The van der Waals surface area contributed by atoms with Gasteiger partial charge in [0.25, 0.3) is 0 Å². The fraction of sp³-hybridized carbons (Fsp3) is 0.700. The summed E-state index contributed by atoms with van der Waals surface area (Å²) in [7, 11) is 1.90. The molecule has 2 rings (SSSR count). The summed E-state index contributed by atoms with van der Waals surface area (Å²) in [4.78, 5) is 0. The van der Waals surface area contributed by atoms with E-state index < -0.39 is 0 Å². The molecule has 0 aliphatic heterocycles. The zero-order chi connectivity index (χ0) is 10.8. The number of hydrazine groups is 1. The summed E-state index contributed by atoms with van der Waals surface area (Å²) in [5.41, 5.74) is 3.89. The Morgan fingerprint density at radius 3 is 2.73 bits per heavy atom. The first-order valence-corrected chi connectivity index (χ1v) is 5.75. The van der Waals surface area contributed by atoms with Crippen molar-refractivity contribution in [2.75, 3.05) is 0 Å². The number of hydrogen-bond donors (Lipinski definition) is 2. The van der Waals surface area contributed by atoms with Crippen molar-refractivity contribution < 1.29 is 0 Å². The third kappa shape index (κ3) is 2.02. The van der Waals surface area contributed by atoms with Gasteiger partial charge in [-0.05, 0) is 18.8 Å². The quantitative estimate of drug-likeness (QED) is 0.613. The number of nitrogens with one attached hydrogen (secondary N) is 1. The highest BCUT2D eigenvalue weighted by Gasteiger charge is 2.29. The van der Waals surface area contributed by atoms with Gasteiger partial charge >= 0.3 is 0 Å². The molecular formula is C10H17ClN4. The lowest BCUT2D eigenvalue weighted by Gasteiger charge is -2.23. The van der Waals surface area contributed by atoms with Gasteiger partial charge in [0, 0.05) is 7.05 Å². The lowest BCUT2D eigenvalue weighted by Crippen LogP contribution is -2.34. The highest BCUT2D eigenvalue weighted by Crippen LogP contribution is 2.37. The Balaban J connectivity index is 2.25. The maximum Gasteiger partial charge on any atom is 0.0834 e. The van der Waals surface area contributed by atoms with E-state index in [4.69, 9.17) is 17.4 Å². The van der Waals surface area contributed by atoms with Gasteiger partial charge < -0.3 is 0 Å². The molecule has 0 spiro atoms. The standard InChI is InChI=1S/C10H17ClN4/c1-15-10(8(11)6-13-15)9(14-12)7-4-2-3-5-7/h6-7,9,14H,2-5,12H2,1H3. The average Bonchev–Trinajstić information content (AvgIpc) is 2.83.